The molecule has 1 aliphatic rings. The van der Waals surface area contributed by atoms with E-state index >= 15 is 0 Å². The molecule has 0 aliphatic carbocycles. The van der Waals surface area contributed by atoms with Gasteiger partial charge in [0.05, 0.1) is 25.9 Å². The molecule has 0 radical (unpaired) electrons. The average Bonchev–Trinajstić information content (AvgIpc) is 2.86. The predicted molar refractivity (Wildman–Crippen MR) is 72.4 cm³/mol. The maximum Gasteiger partial charge on any atom is 0.351 e. The Morgan fingerprint density at radius 2 is 2.52 bits per heavy atom. The van der Waals surface area contributed by atoms with Crippen LogP contribution in [0.25, 0.3) is 10.4 Å². The maximum absolute atomic E-state index is 12.0. The molecule has 0 spiro atoms. The molecule has 0 aromatic carbocycles. The van der Waals surface area contributed by atoms with Crippen LogP contribution < -0.4 is 11.2 Å². The van der Waals surface area contributed by atoms with Crippen molar-refractivity contribution in [2.24, 2.45) is 5.11 Å². The second-order valence-electron chi connectivity index (χ2n) is 4.59. The standard InChI is InChI=1S/C11H16N6O4/c1-6-4-17(11(19)13-10(6)15-20-2)9-3-7(14-16-12)8(5-18)21-9/h4,7-9,18H,3,5H2,1-2H3,(H,13,15,19)/t7?,8-,9-/m1/s1. The smallest absolute Gasteiger partial charge is 0.351 e. The van der Waals surface area contributed by atoms with Gasteiger partial charge in [0, 0.05) is 23.1 Å². The molecule has 114 valence electrons. The number of azide groups is 1. The molecule has 2 heterocycles. The summed E-state index contributed by atoms with van der Waals surface area (Å²) in [5, 5.41) is 12.8. The minimum Gasteiger partial charge on any atom is -0.394 e. The van der Waals surface area contributed by atoms with E-state index in [1.807, 2.05) is 0 Å². The van der Waals surface area contributed by atoms with E-state index in [0.29, 0.717) is 17.8 Å². The summed E-state index contributed by atoms with van der Waals surface area (Å²) in [6.07, 6.45) is 0.615. The Morgan fingerprint density at radius 1 is 1.76 bits per heavy atom. The zero-order valence-corrected chi connectivity index (χ0v) is 11.6. The molecular weight excluding hydrogens is 280 g/mol. The summed E-state index contributed by atoms with van der Waals surface area (Å²) < 4.78 is 6.87. The van der Waals surface area contributed by atoms with E-state index in [1.54, 1.807) is 13.1 Å². The van der Waals surface area contributed by atoms with Gasteiger partial charge in [0.25, 0.3) is 0 Å². The van der Waals surface area contributed by atoms with Crippen LogP contribution in [-0.4, -0.2) is 40.5 Å². The van der Waals surface area contributed by atoms with Gasteiger partial charge in [-0.05, 0) is 12.5 Å². The predicted octanol–water partition coefficient (Wildman–Crippen LogP) is 0.484. The Morgan fingerprint density at radius 3 is 3.14 bits per heavy atom. The summed E-state index contributed by atoms with van der Waals surface area (Å²) in [6.45, 7) is 1.47. The van der Waals surface area contributed by atoms with Crippen molar-refractivity contribution in [3.05, 3.63) is 32.7 Å². The zero-order chi connectivity index (χ0) is 15.4. The summed E-state index contributed by atoms with van der Waals surface area (Å²) in [7, 11) is 1.42. The van der Waals surface area contributed by atoms with E-state index in [9.17, 15) is 9.90 Å². The quantitative estimate of drug-likeness (QED) is 0.351. The van der Waals surface area contributed by atoms with Crippen LogP contribution in [0.1, 0.15) is 18.2 Å². The molecule has 0 bridgehead atoms. The molecule has 1 aliphatic heterocycles. The molecule has 21 heavy (non-hydrogen) atoms. The molecule has 1 aromatic heterocycles. The fraction of sp³-hybridized carbons (Fsp3) is 0.636. The first-order valence-electron chi connectivity index (χ1n) is 6.30. The third kappa shape index (κ3) is 3.14. The number of aliphatic hydroxyl groups excluding tert-OH is 1. The highest BCUT2D eigenvalue weighted by atomic mass is 16.6. The molecule has 2 rings (SSSR count). The Kier molecular flexibility index (Phi) is 4.76. The van der Waals surface area contributed by atoms with Crippen LogP contribution in [0.5, 0.6) is 0 Å². The van der Waals surface area contributed by atoms with Crippen LogP contribution >= 0.6 is 0 Å². The van der Waals surface area contributed by atoms with Crippen molar-refractivity contribution in [1.29, 1.82) is 0 Å². The Bertz CT molecular complexity index is 611. The summed E-state index contributed by atoms with van der Waals surface area (Å²) in [5.74, 6) is 0.321. The molecule has 3 atom stereocenters. The summed E-state index contributed by atoms with van der Waals surface area (Å²) in [4.78, 5) is 23.3. The molecule has 1 unspecified atom stereocenters. The van der Waals surface area contributed by atoms with Crippen molar-refractivity contribution in [2.75, 3.05) is 19.2 Å². The number of aliphatic hydroxyl groups is 1. The van der Waals surface area contributed by atoms with E-state index in [2.05, 4.69) is 20.5 Å². The first kappa shape index (κ1) is 15.3. The minimum atomic E-state index is -0.632. The molecule has 0 saturated carbocycles. The van der Waals surface area contributed by atoms with Crippen LogP contribution in [0.4, 0.5) is 5.82 Å². The number of nitrogens with zero attached hydrogens (tertiary/aromatic N) is 5. The van der Waals surface area contributed by atoms with Gasteiger partial charge in [-0.3, -0.25) is 9.40 Å². The van der Waals surface area contributed by atoms with Crippen LogP contribution in [-0.2, 0) is 9.57 Å². The van der Waals surface area contributed by atoms with E-state index in [4.69, 9.17) is 15.1 Å². The fourth-order valence-corrected chi connectivity index (χ4v) is 2.21. The third-order valence-corrected chi connectivity index (χ3v) is 3.23. The summed E-state index contributed by atoms with van der Waals surface area (Å²) >= 11 is 0. The summed E-state index contributed by atoms with van der Waals surface area (Å²) in [5.41, 5.74) is 11.2. The monoisotopic (exact) mass is 296 g/mol. The lowest BCUT2D eigenvalue weighted by molar-refractivity contribution is -0.0270. The number of aromatic nitrogens is 2. The van der Waals surface area contributed by atoms with Gasteiger partial charge >= 0.3 is 5.69 Å². The van der Waals surface area contributed by atoms with Crippen molar-refractivity contribution in [2.45, 2.75) is 31.7 Å². The third-order valence-electron chi connectivity index (χ3n) is 3.23. The van der Waals surface area contributed by atoms with Crippen LogP contribution in [0.3, 0.4) is 0 Å². The number of ether oxygens (including phenoxy) is 1. The van der Waals surface area contributed by atoms with E-state index in [0.717, 1.165) is 0 Å². The van der Waals surface area contributed by atoms with Gasteiger partial charge < -0.3 is 9.84 Å². The highest BCUT2D eigenvalue weighted by molar-refractivity contribution is 5.38. The van der Waals surface area contributed by atoms with Gasteiger partial charge in [-0.1, -0.05) is 5.11 Å². The fourth-order valence-electron chi connectivity index (χ4n) is 2.21. The van der Waals surface area contributed by atoms with E-state index in [-0.39, 0.29) is 6.61 Å². The number of aryl methyl sites for hydroxylation is 1. The Hall–Kier alpha value is -2.13. The van der Waals surface area contributed by atoms with Gasteiger partial charge in [0.2, 0.25) is 0 Å². The van der Waals surface area contributed by atoms with Crippen LogP contribution in [0.15, 0.2) is 16.1 Å². The molecule has 1 aromatic rings. The lowest BCUT2D eigenvalue weighted by atomic mass is 10.1. The summed E-state index contributed by atoms with van der Waals surface area (Å²) in [6, 6.07) is -0.519. The van der Waals surface area contributed by atoms with Crippen LogP contribution in [0.2, 0.25) is 0 Å². The van der Waals surface area contributed by atoms with Gasteiger partial charge in [0.1, 0.15) is 6.23 Å². The van der Waals surface area contributed by atoms with Crippen molar-refractivity contribution in [3.63, 3.8) is 0 Å². The Labute approximate surface area is 119 Å². The van der Waals surface area contributed by atoms with Crippen LogP contribution in [0, 0.1) is 6.92 Å². The number of hydrogen-bond donors (Lipinski definition) is 2. The SMILES string of the molecule is CONc1nc(=O)n([C@H]2CC(N=[N+]=[N-])[C@@H](CO)O2)cc1C. The average molecular weight is 296 g/mol. The lowest BCUT2D eigenvalue weighted by Gasteiger charge is -2.16. The van der Waals surface area contributed by atoms with E-state index in [1.165, 1.54) is 11.7 Å². The minimum absolute atomic E-state index is 0.287. The zero-order valence-electron chi connectivity index (χ0n) is 11.6. The second kappa shape index (κ2) is 6.55. The van der Waals surface area contributed by atoms with Crippen molar-refractivity contribution in [1.82, 2.24) is 9.55 Å². The molecular formula is C11H16N6O4. The highest BCUT2D eigenvalue weighted by Crippen LogP contribution is 2.30. The lowest BCUT2D eigenvalue weighted by Crippen LogP contribution is -2.28. The molecule has 10 nitrogen and oxygen atoms in total. The normalized spacial score (nSPS) is 24.6. The first-order valence-corrected chi connectivity index (χ1v) is 6.30. The van der Waals surface area contributed by atoms with Crippen molar-refractivity contribution in [3.8, 4) is 0 Å². The topological polar surface area (TPSA) is 134 Å². The second-order valence-corrected chi connectivity index (χ2v) is 4.59. The molecule has 1 saturated heterocycles. The molecule has 10 heteroatoms. The maximum atomic E-state index is 12.0. The number of hydrogen-bond acceptors (Lipinski definition) is 7. The number of rotatable bonds is 5. The highest BCUT2D eigenvalue weighted by Gasteiger charge is 2.35. The van der Waals surface area contributed by atoms with Gasteiger partial charge in [-0.25, -0.2) is 10.3 Å². The first-order chi connectivity index (χ1) is 10.1. The van der Waals surface area contributed by atoms with Gasteiger partial charge in [-0.15, -0.1) is 0 Å². The number of nitrogens with one attached hydrogen (secondary N) is 1. The van der Waals surface area contributed by atoms with Crippen molar-refractivity contribution < 1.29 is 14.7 Å². The number of anilines is 1. The van der Waals surface area contributed by atoms with Gasteiger partial charge in [-0.2, -0.15) is 4.98 Å². The van der Waals surface area contributed by atoms with Crippen molar-refractivity contribution >= 4 is 5.82 Å². The molecule has 2 N–H and O–H groups in total. The molecule has 0 amide bonds. The molecule has 1 fully saturated rings. The Balaban J connectivity index is 2.29. The van der Waals surface area contributed by atoms with E-state index < -0.39 is 24.1 Å². The largest absolute Gasteiger partial charge is 0.394 e. The van der Waals surface area contributed by atoms with Gasteiger partial charge in [0.15, 0.2) is 5.82 Å².